The van der Waals surface area contributed by atoms with Gasteiger partial charge < -0.3 is 10.6 Å². The second-order valence-electron chi connectivity index (χ2n) is 3.24. The molecule has 0 aromatic carbocycles. The Bertz CT molecular complexity index is 405. The van der Waals surface area contributed by atoms with Gasteiger partial charge in [-0.2, -0.15) is 0 Å². The molecular formula is C10H13ClN4O2. The van der Waals surface area contributed by atoms with Crippen molar-refractivity contribution in [1.82, 2.24) is 15.6 Å². The van der Waals surface area contributed by atoms with Crippen molar-refractivity contribution in [2.75, 3.05) is 13.6 Å². The fourth-order valence-electron chi connectivity index (χ4n) is 1.20. The molecule has 1 aromatic heterocycles. The predicted molar refractivity (Wildman–Crippen MR) is 65.1 cm³/mol. The Hall–Kier alpha value is -1.82. The van der Waals surface area contributed by atoms with E-state index >= 15 is 0 Å². The van der Waals surface area contributed by atoms with Gasteiger partial charge in [-0.3, -0.25) is 10.1 Å². The number of halogens is 1. The Labute approximate surface area is 104 Å². The van der Waals surface area contributed by atoms with Gasteiger partial charge in [0.2, 0.25) is 0 Å². The second kappa shape index (κ2) is 6.70. The quantitative estimate of drug-likeness (QED) is 0.454. The van der Waals surface area contributed by atoms with E-state index in [2.05, 4.69) is 15.6 Å². The van der Waals surface area contributed by atoms with Crippen molar-refractivity contribution in [3.63, 3.8) is 0 Å². The number of rotatable bonds is 6. The number of hydrogen-bond acceptors (Lipinski definition) is 5. The van der Waals surface area contributed by atoms with Gasteiger partial charge in [-0.25, -0.2) is 4.98 Å². The van der Waals surface area contributed by atoms with Gasteiger partial charge in [-0.15, -0.1) is 0 Å². The molecule has 0 unspecified atom stereocenters. The number of hydrogen-bond donors (Lipinski definition) is 2. The van der Waals surface area contributed by atoms with Crippen LogP contribution >= 0.6 is 11.6 Å². The highest BCUT2D eigenvalue weighted by molar-refractivity contribution is 6.29. The fourth-order valence-corrected chi connectivity index (χ4v) is 1.31. The average molecular weight is 257 g/mol. The lowest BCUT2D eigenvalue weighted by atomic mass is 10.2. The van der Waals surface area contributed by atoms with E-state index in [-0.39, 0.29) is 0 Å². The third-order valence-electron chi connectivity index (χ3n) is 2.02. The van der Waals surface area contributed by atoms with E-state index in [1.54, 1.807) is 19.3 Å². The first-order valence-electron chi connectivity index (χ1n) is 4.99. The van der Waals surface area contributed by atoms with Gasteiger partial charge in [-0.05, 0) is 18.1 Å². The third-order valence-corrected chi connectivity index (χ3v) is 2.25. The first-order chi connectivity index (χ1) is 8.11. The molecule has 6 nitrogen and oxygen atoms in total. The molecule has 0 aliphatic heterocycles. The van der Waals surface area contributed by atoms with E-state index in [1.165, 1.54) is 0 Å². The molecule has 0 aliphatic rings. The Morgan fingerprint density at radius 1 is 1.65 bits per heavy atom. The minimum atomic E-state index is -0.511. The monoisotopic (exact) mass is 256 g/mol. The molecule has 0 amide bonds. The maximum atomic E-state index is 10.3. The van der Waals surface area contributed by atoms with E-state index < -0.39 is 4.92 Å². The normalized spacial score (nSPS) is 11.1. The predicted octanol–water partition coefficient (Wildman–Crippen LogP) is 1.16. The van der Waals surface area contributed by atoms with Gasteiger partial charge in [0.25, 0.3) is 6.20 Å². The molecule has 0 fully saturated rings. The molecule has 1 heterocycles. The number of nitrogens with one attached hydrogen (secondary N) is 2. The first kappa shape index (κ1) is 13.2. The Kier molecular flexibility index (Phi) is 5.22. The molecule has 0 radical (unpaired) electrons. The number of pyridine rings is 1. The zero-order valence-electron chi connectivity index (χ0n) is 9.31. The zero-order valence-corrected chi connectivity index (χ0v) is 10.1. The van der Waals surface area contributed by atoms with Crippen LogP contribution in [0.1, 0.15) is 5.56 Å². The summed E-state index contributed by atoms with van der Waals surface area (Å²) in [5, 5.41) is 16.3. The van der Waals surface area contributed by atoms with Gasteiger partial charge >= 0.3 is 0 Å². The Balaban J connectivity index is 2.41. The van der Waals surface area contributed by atoms with Gasteiger partial charge in [0.05, 0.1) is 4.92 Å². The summed E-state index contributed by atoms with van der Waals surface area (Å²) in [4.78, 5) is 13.7. The lowest BCUT2D eigenvalue weighted by Crippen LogP contribution is -2.26. The van der Waals surface area contributed by atoms with Crippen LogP contribution in [0.3, 0.4) is 0 Å². The molecule has 0 atom stereocenters. The van der Waals surface area contributed by atoms with Crippen LogP contribution in [-0.2, 0) is 6.42 Å². The van der Waals surface area contributed by atoms with E-state index in [1.807, 2.05) is 6.07 Å². The van der Waals surface area contributed by atoms with E-state index in [9.17, 15) is 10.1 Å². The Morgan fingerprint density at radius 2 is 2.41 bits per heavy atom. The standard InChI is InChI=1S/C10H13ClN4O2/c1-12-10(7-15(16)17)13-5-4-8-2-3-9(11)14-6-8/h2-3,6-7,12-13H,4-5H2,1H3/b10-7+. The summed E-state index contributed by atoms with van der Waals surface area (Å²) in [6, 6.07) is 3.58. The summed E-state index contributed by atoms with van der Waals surface area (Å²) in [5.74, 6) is 0.372. The SMILES string of the molecule is CN/C(=C\[N+](=O)[O-])NCCc1ccc(Cl)nc1. The minimum absolute atomic E-state index is 0.372. The summed E-state index contributed by atoms with van der Waals surface area (Å²) in [5.41, 5.74) is 1.01. The maximum Gasteiger partial charge on any atom is 0.274 e. The van der Waals surface area contributed by atoms with Gasteiger partial charge in [0.15, 0.2) is 5.82 Å². The number of aromatic nitrogens is 1. The van der Waals surface area contributed by atoms with Crippen molar-refractivity contribution < 1.29 is 4.92 Å². The molecular weight excluding hydrogens is 244 g/mol. The van der Waals surface area contributed by atoms with Crippen LogP contribution in [0.15, 0.2) is 30.4 Å². The lowest BCUT2D eigenvalue weighted by molar-refractivity contribution is -0.404. The van der Waals surface area contributed by atoms with Gasteiger partial charge in [-0.1, -0.05) is 17.7 Å². The largest absolute Gasteiger partial charge is 0.370 e. The highest BCUT2D eigenvalue weighted by Gasteiger charge is 2.00. The van der Waals surface area contributed by atoms with Crippen LogP contribution in [0.4, 0.5) is 0 Å². The van der Waals surface area contributed by atoms with Crippen molar-refractivity contribution >= 4 is 11.6 Å². The number of nitrogens with zero attached hydrogens (tertiary/aromatic N) is 2. The topological polar surface area (TPSA) is 80.1 Å². The fraction of sp³-hybridized carbons (Fsp3) is 0.300. The van der Waals surface area contributed by atoms with Gasteiger partial charge in [0.1, 0.15) is 5.15 Å². The molecule has 0 spiro atoms. The third kappa shape index (κ3) is 5.17. The maximum absolute atomic E-state index is 10.3. The van der Waals surface area contributed by atoms with Crippen molar-refractivity contribution in [1.29, 1.82) is 0 Å². The summed E-state index contributed by atoms with van der Waals surface area (Å²) in [6.45, 7) is 0.573. The van der Waals surface area contributed by atoms with Crippen molar-refractivity contribution in [3.05, 3.63) is 51.2 Å². The average Bonchev–Trinajstić information content (AvgIpc) is 2.30. The second-order valence-corrected chi connectivity index (χ2v) is 3.63. The van der Waals surface area contributed by atoms with Crippen LogP contribution in [0, 0.1) is 10.1 Å². The highest BCUT2D eigenvalue weighted by Crippen LogP contribution is 2.05. The minimum Gasteiger partial charge on any atom is -0.370 e. The number of nitro groups is 1. The summed E-state index contributed by atoms with van der Waals surface area (Å²) in [6.07, 6.45) is 3.28. The zero-order chi connectivity index (χ0) is 12.7. The van der Waals surface area contributed by atoms with Crippen LogP contribution < -0.4 is 10.6 Å². The summed E-state index contributed by atoms with van der Waals surface area (Å²) < 4.78 is 0. The van der Waals surface area contributed by atoms with E-state index in [4.69, 9.17) is 11.6 Å². The van der Waals surface area contributed by atoms with Crippen LogP contribution in [0.2, 0.25) is 5.15 Å². The molecule has 1 aromatic rings. The van der Waals surface area contributed by atoms with E-state index in [0.29, 0.717) is 23.9 Å². The van der Waals surface area contributed by atoms with Crippen LogP contribution in [-0.4, -0.2) is 23.5 Å². The molecule has 0 saturated heterocycles. The highest BCUT2D eigenvalue weighted by atomic mass is 35.5. The molecule has 92 valence electrons. The molecule has 0 bridgehead atoms. The summed E-state index contributed by atoms with van der Waals surface area (Å²) >= 11 is 5.66. The smallest absolute Gasteiger partial charge is 0.274 e. The van der Waals surface area contributed by atoms with Crippen molar-refractivity contribution in [2.24, 2.45) is 0 Å². The first-order valence-corrected chi connectivity index (χ1v) is 5.37. The van der Waals surface area contributed by atoms with Crippen LogP contribution in [0.5, 0.6) is 0 Å². The molecule has 17 heavy (non-hydrogen) atoms. The lowest BCUT2D eigenvalue weighted by Gasteiger charge is -2.07. The van der Waals surface area contributed by atoms with Crippen molar-refractivity contribution in [2.45, 2.75) is 6.42 Å². The van der Waals surface area contributed by atoms with Crippen molar-refractivity contribution in [3.8, 4) is 0 Å². The molecule has 0 saturated carbocycles. The van der Waals surface area contributed by atoms with E-state index in [0.717, 1.165) is 11.8 Å². The van der Waals surface area contributed by atoms with Crippen LogP contribution in [0.25, 0.3) is 0 Å². The molecule has 7 heteroatoms. The molecule has 1 rings (SSSR count). The Morgan fingerprint density at radius 3 is 2.94 bits per heavy atom. The molecule has 0 aliphatic carbocycles. The summed E-state index contributed by atoms with van der Waals surface area (Å²) in [7, 11) is 1.62. The molecule has 2 N–H and O–H groups in total. The van der Waals surface area contributed by atoms with Gasteiger partial charge in [0, 0.05) is 19.8 Å².